The molecule has 0 radical (unpaired) electrons. The van der Waals surface area contributed by atoms with Gasteiger partial charge >= 0.3 is 0 Å². The molecule has 7 heteroatoms. The summed E-state index contributed by atoms with van der Waals surface area (Å²) in [6.07, 6.45) is 3.51. The van der Waals surface area contributed by atoms with Gasteiger partial charge in [0.1, 0.15) is 0 Å². The number of carbonyl (C=O) groups is 1. The first kappa shape index (κ1) is 16.9. The van der Waals surface area contributed by atoms with Crippen LogP contribution in [0.2, 0.25) is 0 Å². The monoisotopic (exact) mass is 338 g/mol. The van der Waals surface area contributed by atoms with Crippen LogP contribution in [0.3, 0.4) is 0 Å². The highest BCUT2D eigenvalue weighted by Crippen LogP contribution is 2.15. The van der Waals surface area contributed by atoms with Crippen molar-refractivity contribution < 1.29 is 4.79 Å². The van der Waals surface area contributed by atoms with Crippen molar-refractivity contribution in [2.75, 3.05) is 6.54 Å². The molecule has 2 aromatic heterocycles. The third-order valence-corrected chi connectivity index (χ3v) is 3.98. The summed E-state index contributed by atoms with van der Waals surface area (Å²) in [6, 6.07) is 9.45. The van der Waals surface area contributed by atoms with Crippen LogP contribution < -0.4 is 11.1 Å². The molecule has 0 fully saturated rings. The number of amides is 1. The van der Waals surface area contributed by atoms with E-state index >= 15 is 0 Å². The molecule has 1 amide bonds. The first-order valence-electron chi connectivity index (χ1n) is 8.20. The third-order valence-electron chi connectivity index (χ3n) is 3.98. The Hall–Kier alpha value is -2.93. The van der Waals surface area contributed by atoms with E-state index in [0.29, 0.717) is 25.2 Å². The van der Waals surface area contributed by atoms with Gasteiger partial charge in [-0.05, 0) is 32.0 Å². The van der Waals surface area contributed by atoms with Gasteiger partial charge in [0.15, 0.2) is 0 Å². The van der Waals surface area contributed by atoms with E-state index < -0.39 is 0 Å². The summed E-state index contributed by atoms with van der Waals surface area (Å²) >= 11 is 0. The number of rotatable bonds is 6. The SMILES string of the molecule is Cc1cc(C)n(CCNC(=O)c2ccccc2-n2cnc(CN)c2)n1. The van der Waals surface area contributed by atoms with Crippen molar-refractivity contribution in [1.29, 1.82) is 0 Å². The molecule has 0 aliphatic carbocycles. The number of nitrogens with zero attached hydrogens (tertiary/aromatic N) is 4. The molecular formula is C18H22N6O. The van der Waals surface area contributed by atoms with Crippen molar-refractivity contribution in [1.82, 2.24) is 24.6 Å². The Morgan fingerprint density at radius 1 is 1.28 bits per heavy atom. The van der Waals surface area contributed by atoms with Gasteiger partial charge in [0, 0.05) is 25.0 Å². The van der Waals surface area contributed by atoms with Gasteiger partial charge in [-0.3, -0.25) is 9.48 Å². The molecule has 0 spiro atoms. The van der Waals surface area contributed by atoms with Crippen LogP contribution >= 0.6 is 0 Å². The number of hydrogen-bond donors (Lipinski definition) is 2. The van der Waals surface area contributed by atoms with Gasteiger partial charge in [-0.25, -0.2) is 4.98 Å². The van der Waals surface area contributed by atoms with Crippen LogP contribution in [0.4, 0.5) is 0 Å². The van der Waals surface area contributed by atoms with Crippen molar-refractivity contribution >= 4 is 5.91 Å². The molecule has 0 bridgehead atoms. The standard InChI is InChI=1S/C18H22N6O/c1-13-9-14(2)24(22-13)8-7-20-18(25)16-5-3-4-6-17(16)23-11-15(10-19)21-12-23/h3-6,9,11-12H,7-8,10,19H2,1-2H3,(H,20,25). The topological polar surface area (TPSA) is 90.8 Å². The van der Waals surface area contributed by atoms with Gasteiger partial charge < -0.3 is 15.6 Å². The minimum Gasteiger partial charge on any atom is -0.350 e. The Kier molecular flexibility index (Phi) is 4.95. The van der Waals surface area contributed by atoms with Crippen LogP contribution in [-0.4, -0.2) is 31.8 Å². The van der Waals surface area contributed by atoms with Crippen molar-refractivity contribution in [2.24, 2.45) is 5.73 Å². The number of hydrogen-bond acceptors (Lipinski definition) is 4. The average Bonchev–Trinajstić information content (AvgIpc) is 3.21. The minimum absolute atomic E-state index is 0.125. The highest BCUT2D eigenvalue weighted by molar-refractivity contribution is 5.97. The molecule has 0 saturated heterocycles. The first-order valence-corrected chi connectivity index (χ1v) is 8.20. The smallest absolute Gasteiger partial charge is 0.253 e. The summed E-state index contributed by atoms with van der Waals surface area (Å²) in [4.78, 5) is 16.8. The first-order chi connectivity index (χ1) is 12.1. The predicted octanol–water partition coefficient (Wildman–Crippen LogP) is 1.57. The van der Waals surface area contributed by atoms with Gasteiger partial charge in [-0.15, -0.1) is 0 Å². The van der Waals surface area contributed by atoms with Gasteiger partial charge in [-0.2, -0.15) is 5.10 Å². The van der Waals surface area contributed by atoms with E-state index in [2.05, 4.69) is 15.4 Å². The minimum atomic E-state index is -0.125. The van der Waals surface area contributed by atoms with Crippen LogP contribution in [0.15, 0.2) is 42.9 Å². The number of carbonyl (C=O) groups excluding carboxylic acids is 1. The molecule has 7 nitrogen and oxygen atoms in total. The van der Waals surface area contributed by atoms with E-state index in [1.165, 1.54) is 0 Å². The van der Waals surface area contributed by atoms with Gasteiger partial charge in [0.25, 0.3) is 5.91 Å². The maximum Gasteiger partial charge on any atom is 0.253 e. The number of aryl methyl sites for hydroxylation is 2. The molecule has 0 unspecified atom stereocenters. The van der Waals surface area contributed by atoms with E-state index in [0.717, 1.165) is 22.8 Å². The van der Waals surface area contributed by atoms with Crippen molar-refractivity contribution in [3.63, 3.8) is 0 Å². The second-order valence-electron chi connectivity index (χ2n) is 5.90. The molecule has 1 aromatic carbocycles. The molecule has 0 atom stereocenters. The van der Waals surface area contributed by atoms with Crippen molar-refractivity contribution in [3.05, 3.63) is 65.5 Å². The van der Waals surface area contributed by atoms with Crippen LogP contribution in [0.1, 0.15) is 27.4 Å². The summed E-state index contributed by atoms with van der Waals surface area (Å²) in [5.41, 5.74) is 9.82. The van der Waals surface area contributed by atoms with Gasteiger partial charge in [0.05, 0.1) is 35.5 Å². The fraction of sp³-hybridized carbons (Fsp3) is 0.278. The Morgan fingerprint density at radius 3 is 2.76 bits per heavy atom. The average molecular weight is 338 g/mol. The zero-order valence-corrected chi connectivity index (χ0v) is 14.4. The number of aromatic nitrogens is 4. The van der Waals surface area contributed by atoms with Crippen LogP contribution in [-0.2, 0) is 13.1 Å². The molecule has 0 saturated carbocycles. The highest BCUT2D eigenvalue weighted by Gasteiger charge is 2.12. The number of imidazole rings is 1. The Morgan fingerprint density at radius 2 is 2.08 bits per heavy atom. The molecular weight excluding hydrogens is 316 g/mol. The lowest BCUT2D eigenvalue weighted by atomic mass is 10.1. The van der Waals surface area contributed by atoms with Crippen molar-refractivity contribution in [2.45, 2.75) is 26.9 Å². The largest absolute Gasteiger partial charge is 0.350 e. The van der Waals surface area contributed by atoms with E-state index in [1.807, 2.05) is 53.6 Å². The molecule has 3 rings (SSSR count). The summed E-state index contributed by atoms with van der Waals surface area (Å²) < 4.78 is 3.71. The molecule has 25 heavy (non-hydrogen) atoms. The molecule has 0 aliphatic rings. The predicted molar refractivity (Wildman–Crippen MR) is 95.5 cm³/mol. The summed E-state index contributed by atoms with van der Waals surface area (Å²) in [5, 5.41) is 7.35. The van der Waals surface area contributed by atoms with Gasteiger partial charge in [-0.1, -0.05) is 12.1 Å². The van der Waals surface area contributed by atoms with Crippen LogP contribution in [0.25, 0.3) is 5.69 Å². The Balaban J connectivity index is 1.71. The lowest BCUT2D eigenvalue weighted by Crippen LogP contribution is -2.28. The summed E-state index contributed by atoms with van der Waals surface area (Å²) in [5.74, 6) is -0.125. The van der Waals surface area contributed by atoms with E-state index in [9.17, 15) is 4.79 Å². The molecule has 3 N–H and O–H groups in total. The van der Waals surface area contributed by atoms with Crippen molar-refractivity contribution in [3.8, 4) is 5.69 Å². The summed E-state index contributed by atoms with van der Waals surface area (Å²) in [7, 11) is 0. The molecule has 3 aromatic rings. The number of para-hydroxylation sites is 1. The normalized spacial score (nSPS) is 10.8. The molecule has 2 heterocycles. The number of nitrogens with one attached hydrogen (secondary N) is 1. The van der Waals surface area contributed by atoms with Gasteiger partial charge in [0.2, 0.25) is 0 Å². The Bertz CT molecular complexity index is 879. The number of nitrogens with two attached hydrogens (primary N) is 1. The lowest BCUT2D eigenvalue weighted by molar-refractivity contribution is 0.0952. The fourth-order valence-electron chi connectivity index (χ4n) is 2.76. The van der Waals surface area contributed by atoms with E-state index in [-0.39, 0.29) is 5.91 Å². The quantitative estimate of drug-likeness (QED) is 0.714. The zero-order valence-electron chi connectivity index (χ0n) is 14.4. The maximum atomic E-state index is 12.6. The zero-order chi connectivity index (χ0) is 17.8. The van der Waals surface area contributed by atoms with Crippen LogP contribution in [0.5, 0.6) is 0 Å². The van der Waals surface area contributed by atoms with E-state index in [4.69, 9.17) is 5.73 Å². The second kappa shape index (κ2) is 7.31. The third kappa shape index (κ3) is 3.77. The lowest BCUT2D eigenvalue weighted by Gasteiger charge is -2.11. The second-order valence-corrected chi connectivity index (χ2v) is 5.90. The molecule has 0 aliphatic heterocycles. The van der Waals surface area contributed by atoms with Crippen LogP contribution in [0, 0.1) is 13.8 Å². The highest BCUT2D eigenvalue weighted by atomic mass is 16.1. The summed E-state index contributed by atoms with van der Waals surface area (Å²) in [6.45, 7) is 5.47. The Labute approximate surface area is 146 Å². The fourth-order valence-corrected chi connectivity index (χ4v) is 2.76. The molecule has 130 valence electrons. The number of benzene rings is 1. The maximum absolute atomic E-state index is 12.6. The van der Waals surface area contributed by atoms with E-state index in [1.54, 1.807) is 12.4 Å².